The fraction of sp³-hybridized carbons (Fsp3) is 1.00. The molecular weight excluding hydrogens is 210 g/mol. The highest BCUT2D eigenvalue weighted by molar-refractivity contribution is 4.81. The zero-order valence-electron chi connectivity index (χ0n) is 12.4. The second-order valence-corrected chi connectivity index (χ2v) is 5.84. The Morgan fingerprint density at radius 1 is 1.41 bits per heavy atom. The number of hydrogen-bond donors (Lipinski definition) is 1. The molecule has 0 spiro atoms. The van der Waals surface area contributed by atoms with Crippen LogP contribution < -0.4 is 5.32 Å². The molecule has 17 heavy (non-hydrogen) atoms. The summed E-state index contributed by atoms with van der Waals surface area (Å²) in [6, 6.07) is 2.03. The molecule has 0 aromatic carbocycles. The van der Waals surface area contributed by atoms with E-state index in [0.717, 1.165) is 12.6 Å². The van der Waals surface area contributed by atoms with Crippen LogP contribution >= 0.6 is 0 Å². The van der Waals surface area contributed by atoms with E-state index in [2.05, 4.69) is 50.0 Å². The van der Waals surface area contributed by atoms with Gasteiger partial charge in [0.2, 0.25) is 0 Å². The van der Waals surface area contributed by atoms with Gasteiger partial charge in [-0.25, -0.2) is 0 Å². The molecule has 1 aliphatic heterocycles. The lowest BCUT2D eigenvalue weighted by molar-refractivity contribution is 0.168. The summed E-state index contributed by atoms with van der Waals surface area (Å²) in [4.78, 5) is 5.06. The first-order valence-electron chi connectivity index (χ1n) is 7.18. The first kappa shape index (κ1) is 14.9. The zero-order valence-corrected chi connectivity index (χ0v) is 12.4. The fourth-order valence-electron chi connectivity index (χ4n) is 2.68. The van der Waals surface area contributed by atoms with Crippen LogP contribution in [0, 0.1) is 0 Å². The van der Waals surface area contributed by atoms with Gasteiger partial charge in [-0.05, 0) is 39.9 Å². The molecule has 0 aromatic rings. The molecule has 2 unspecified atom stereocenters. The normalized spacial score (nSPS) is 23.8. The van der Waals surface area contributed by atoms with Gasteiger partial charge in [0.05, 0.1) is 0 Å². The van der Waals surface area contributed by atoms with Crippen molar-refractivity contribution in [2.75, 3.05) is 33.7 Å². The van der Waals surface area contributed by atoms with Crippen LogP contribution in [0.1, 0.15) is 40.0 Å². The fourth-order valence-corrected chi connectivity index (χ4v) is 2.68. The number of likely N-dealkylation sites (tertiary alicyclic amines) is 1. The van der Waals surface area contributed by atoms with Crippen molar-refractivity contribution in [2.45, 2.75) is 58.2 Å². The Hall–Kier alpha value is -0.120. The summed E-state index contributed by atoms with van der Waals surface area (Å²) >= 11 is 0. The van der Waals surface area contributed by atoms with Crippen LogP contribution in [0.4, 0.5) is 0 Å². The smallest absolute Gasteiger partial charge is 0.0220 e. The number of nitrogens with zero attached hydrogens (tertiary/aromatic N) is 2. The van der Waals surface area contributed by atoms with E-state index in [1.807, 2.05) is 0 Å². The van der Waals surface area contributed by atoms with Gasteiger partial charge in [-0.1, -0.05) is 20.8 Å². The Kier molecular flexibility index (Phi) is 6.45. The Bertz CT molecular complexity index is 206. The molecule has 1 rings (SSSR count). The van der Waals surface area contributed by atoms with Crippen LogP contribution in [0.15, 0.2) is 0 Å². The van der Waals surface area contributed by atoms with E-state index in [1.165, 1.54) is 32.4 Å². The first-order chi connectivity index (χ1) is 8.04. The number of likely N-dealkylation sites (N-methyl/N-ethyl adjacent to an activating group) is 2. The monoisotopic (exact) mass is 241 g/mol. The number of nitrogens with one attached hydrogen (secondary N) is 1. The van der Waals surface area contributed by atoms with Gasteiger partial charge in [-0.2, -0.15) is 0 Å². The molecule has 1 fully saturated rings. The quantitative estimate of drug-likeness (QED) is 0.733. The summed E-state index contributed by atoms with van der Waals surface area (Å²) in [5, 5.41) is 3.56. The van der Waals surface area contributed by atoms with Crippen LogP contribution in [0.5, 0.6) is 0 Å². The molecule has 0 radical (unpaired) electrons. The summed E-state index contributed by atoms with van der Waals surface area (Å²) in [5.41, 5.74) is 0. The maximum Gasteiger partial charge on any atom is 0.0220 e. The Balaban J connectivity index is 2.34. The Morgan fingerprint density at radius 2 is 2.12 bits per heavy atom. The topological polar surface area (TPSA) is 18.5 Å². The van der Waals surface area contributed by atoms with Crippen molar-refractivity contribution in [2.24, 2.45) is 0 Å². The van der Waals surface area contributed by atoms with E-state index in [0.29, 0.717) is 12.1 Å². The molecule has 0 aliphatic carbocycles. The minimum atomic E-state index is 0.589. The van der Waals surface area contributed by atoms with Gasteiger partial charge in [0.25, 0.3) is 0 Å². The SMILES string of the molecule is CCC(CNC(C)C)N(C)CC1CCCN1C. The summed E-state index contributed by atoms with van der Waals surface area (Å²) < 4.78 is 0. The van der Waals surface area contributed by atoms with E-state index in [4.69, 9.17) is 0 Å². The first-order valence-corrected chi connectivity index (χ1v) is 7.18. The van der Waals surface area contributed by atoms with Gasteiger partial charge in [0.15, 0.2) is 0 Å². The predicted molar refractivity (Wildman–Crippen MR) is 75.5 cm³/mol. The lowest BCUT2D eigenvalue weighted by Gasteiger charge is -2.32. The third-order valence-corrected chi connectivity index (χ3v) is 4.03. The van der Waals surface area contributed by atoms with E-state index in [1.54, 1.807) is 0 Å². The lowest BCUT2D eigenvalue weighted by Crippen LogP contribution is -2.46. The van der Waals surface area contributed by atoms with E-state index in [-0.39, 0.29) is 0 Å². The lowest BCUT2D eigenvalue weighted by atomic mass is 10.1. The molecule has 102 valence electrons. The van der Waals surface area contributed by atoms with Gasteiger partial charge in [-0.15, -0.1) is 0 Å². The minimum Gasteiger partial charge on any atom is -0.313 e. The van der Waals surface area contributed by atoms with Crippen molar-refractivity contribution in [1.29, 1.82) is 0 Å². The van der Waals surface area contributed by atoms with Crippen LogP contribution in [0.25, 0.3) is 0 Å². The highest BCUT2D eigenvalue weighted by atomic mass is 15.2. The molecule has 3 heteroatoms. The maximum atomic E-state index is 3.56. The van der Waals surface area contributed by atoms with E-state index >= 15 is 0 Å². The average Bonchev–Trinajstić information content (AvgIpc) is 2.65. The molecule has 1 aliphatic rings. The molecule has 0 saturated carbocycles. The zero-order chi connectivity index (χ0) is 12.8. The largest absolute Gasteiger partial charge is 0.313 e. The minimum absolute atomic E-state index is 0.589. The maximum absolute atomic E-state index is 3.56. The molecule has 2 atom stereocenters. The van der Waals surface area contributed by atoms with E-state index < -0.39 is 0 Å². The molecule has 1 N–H and O–H groups in total. The molecule has 1 saturated heterocycles. The third kappa shape index (κ3) is 4.94. The van der Waals surface area contributed by atoms with Gasteiger partial charge in [0, 0.05) is 31.2 Å². The van der Waals surface area contributed by atoms with E-state index in [9.17, 15) is 0 Å². The molecule has 0 aromatic heterocycles. The second kappa shape index (κ2) is 7.34. The molecule has 0 bridgehead atoms. The highest BCUT2D eigenvalue weighted by Crippen LogP contribution is 2.16. The number of hydrogen-bond acceptors (Lipinski definition) is 3. The van der Waals surface area contributed by atoms with Gasteiger partial charge >= 0.3 is 0 Å². The van der Waals surface area contributed by atoms with Crippen molar-refractivity contribution >= 4 is 0 Å². The standard InChI is InChI=1S/C14H31N3/c1-6-13(10-15-12(2)3)17(5)11-14-8-7-9-16(14)4/h12-15H,6-11H2,1-5H3. The summed E-state index contributed by atoms with van der Waals surface area (Å²) in [7, 11) is 4.54. The van der Waals surface area contributed by atoms with Gasteiger partial charge < -0.3 is 15.1 Å². The van der Waals surface area contributed by atoms with Gasteiger partial charge in [-0.3, -0.25) is 0 Å². The third-order valence-electron chi connectivity index (χ3n) is 4.03. The van der Waals surface area contributed by atoms with Crippen LogP contribution in [-0.2, 0) is 0 Å². The van der Waals surface area contributed by atoms with Crippen LogP contribution in [0.3, 0.4) is 0 Å². The summed E-state index contributed by atoms with van der Waals surface area (Å²) in [5.74, 6) is 0. The van der Waals surface area contributed by atoms with Crippen LogP contribution in [-0.4, -0.2) is 61.7 Å². The molecule has 3 nitrogen and oxygen atoms in total. The van der Waals surface area contributed by atoms with Crippen LogP contribution in [0.2, 0.25) is 0 Å². The van der Waals surface area contributed by atoms with Gasteiger partial charge in [0.1, 0.15) is 0 Å². The molecule has 0 amide bonds. The molecular formula is C14H31N3. The summed E-state index contributed by atoms with van der Waals surface area (Å²) in [6.07, 6.45) is 3.97. The van der Waals surface area contributed by atoms with Crippen molar-refractivity contribution in [1.82, 2.24) is 15.1 Å². The Morgan fingerprint density at radius 3 is 2.59 bits per heavy atom. The molecule has 1 heterocycles. The van der Waals surface area contributed by atoms with Crippen molar-refractivity contribution in [3.63, 3.8) is 0 Å². The predicted octanol–water partition coefficient (Wildman–Crippen LogP) is 1.79. The second-order valence-electron chi connectivity index (χ2n) is 5.84. The van der Waals surface area contributed by atoms with Crippen molar-refractivity contribution in [3.05, 3.63) is 0 Å². The van der Waals surface area contributed by atoms with Crippen molar-refractivity contribution in [3.8, 4) is 0 Å². The highest BCUT2D eigenvalue weighted by Gasteiger charge is 2.24. The number of rotatable bonds is 7. The Labute approximate surface area is 108 Å². The summed E-state index contributed by atoms with van der Waals surface area (Å²) in [6.45, 7) is 10.3. The van der Waals surface area contributed by atoms with Crippen molar-refractivity contribution < 1.29 is 0 Å². The average molecular weight is 241 g/mol.